The molecule has 4 heteroatoms. The summed E-state index contributed by atoms with van der Waals surface area (Å²) in [7, 11) is 1.97. The van der Waals surface area contributed by atoms with Crippen molar-refractivity contribution >= 4 is 5.70 Å². The second kappa shape index (κ2) is 7.43. The molecule has 1 aromatic carbocycles. The van der Waals surface area contributed by atoms with E-state index in [0.717, 1.165) is 22.5 Å². The Kier molecular flexibility index (Phi) is 6.20. The molecule has 0 bridgehead atoms. The first kappa shape index (κ1) is 16.7. The van der Waals surface area contributed by atoms with Crippen LogP contribution in [0.5, 0.6) is 5.75 Å². The Morgan fingerprint density at radius 3 is 2.60 bits per heavy atom. The zero-order chi connectivity index (χ0) is 13.8. The molecule has 0 spiro atoms. The summed E-state index contributed by atoms with van der Waals surface area (Å²) < 4.78 is 5.23. The number of likely N-dealkylation sites (N-methyl/N-ethyl adjacent to an activating group) is 1. The van der Waals surface area contributed by atoms with Gasteiger partial charge in [0.15, 0.2) is 6.61 Å². The van der Waals surface area contributed by atoms with Crippen molar-refractivity contribution in [1.29, 1.82) is 5.26 Å². The maximum absolute atomic E-state index is 8.46. The summed E-state index contributed by atoms with van der Waals surface area (Å²) in [4.78, 5) is 2.01. The Morgan fingerprint density at radius 1 is 1.35 bits per heavy atom. The third-order valence-electron chi connectivity index (χ3n) is 3.05. The van der Waals surface area contributed by atoms with Crippen molar-refractivity contribution in [3.8, 4) is 11.8 Å². The Hall–Kier alpha value is -1.37. The summed E-state index contributed by atoms with van der Waals surface area (Å²) in [5, 5.41) is 8.46. The van der Waals surface area contributed by atoms with Gasteiger partial charge in [0.05, 0.1) is 0 Å². The van der Waals surface area contributed by atoms with Crippen LogP contribution in [-0.4, -0.2) is 18.6 Å². The van der Waals surface area contributed by atoms with Crippen molar-refractivity contribution in [3.63, 3.8) is 0 Å². The maximum atomic E-state index is 8.46. The third-order valence-corrected chi connectivity index (χ3v) is 3.05. The number of benzene rings is 1. The number of ether oxygens (including phenoxy) is 1. The predicted octanol–water partition coefficient (Wildman–Crippen LogP) is 3.14. The fraction of sp³-hybridized carbons (Fsp3) is 0.188. The van der Waals surface area contributed by atoms with Crippen LogP contribution in [0.15, 0.2) is 48.2 Å². The minimum absolute atomic E-state index is 0. The molecule has 0 N–H and O–H groups in total. The average Bonchev–Trinajstić information content (AvgIpc) is 2.44. The summed E-state index contributed by atoms with van der Waals surface area (Å²) in [5.41, 5.74) is 4.10. The van der Waals surface area contributed by atoms with Gasteiger partial charge in [-0.3, -0.25) is 0 Å². The van der Waals surface area contributed by atoms with E-state index in [0.29, 0.717) is 5.75 Å². The van der Waals surface area contributed by atoms with Crippen LogP contribution < -0.4 is 4.74 Å². The Bertz CT molecular complexity index is 594. The number of rotatable bonds is 3. The number of hydrogen-bond donors (Lipinski definition) is 0. The molecule has 0 aromatic heterocycles. The van der Waals surface area contributed by atoms with Crippen LogP contribution in [0.2, 0.25) is 0 Å². The molecule has 0 atom stereocenters. The van der Waals surface area contributed by atoms with Crippen LogP contribution >= 0.6 is 0 Å². The molecule has 20 heavy (non-hydrogen) atoms. The van der Waals surface area contributed by atoms with Crippen LogP contribution in [0.1, 0.15) is 12.5 Å². The molecule has 3 nitrogen and oxygen atoms in total. The van der Waals surface area contributed by atoms with Gasteiger partial charge in [-0.2, -0.15) is 17.4 Å². The standard InChI is InChI=1S/C16H15N2O.Y/c1-12-4-9-16(18(3)13(12)2)14-5-7-15(8-6-14)19-11-10-17;/h4-8H,2,11H2,1,3H3;/q-1;. The van der Waals surface area contributed by atoms with E-state index < -0.39 is 0 Å². The summed E-state index contributed by atoms with van der Waals surface area (Å²) in [6, 6.07) is 9.55. The van der Waals surface area contributed by atoms with E-state index in [4.69, 9.17) is 10.00 Å². The van der Waals surface area contributed by atoms with Crippen LogP contribution in [0, 0.1) is 17.4 Å². The topological polar surface area (TPSA) is 36.3 Å². The van der Waals surface area contributed by atoms with E-state index >= 15 is 0 Å². The van der Waals surface area contributed by atoms with E-state index in [-0.39, 0.29) is 39.3 Å². The summed E-state index contributed by atoms with van der Waals surface area (Å²) in [6.45, 7) is 6.12. The fourth-order valence-corrected chi connectivity index (χ4v) is 1.86. The molecular weight excluding hydrogens is 325 g/mol. The summed E-state index contributed by atoms with van der Waals surface area (Å²) in [6.07, 6.45) is 5.20. The molecular formula is C16H15N2OY-. The van der Waals surface area contributed by atoms with Gasteiger partial charge in [-0.05, 0) is 17.8 Å². The molecule has 1 aliphatic rings. The summed E-state index contributed by atoms with van der Waals surface area (Å²) >= 11 is 0. The molecule has 1 aromatic rings. The summed E-state index contributed by atoms with van der Waals surface area (Å²) in [5.74, 6) is 0.690. The first-order valence-corrected chi connectivity index (χ1v) is 5.97. The van der Waals surface area contributed by atoms with Gasteiger partial charge in [0.2, 0.25) is 0 Å². The van der Waals surface area contributed by atoms with E-state index in [1.54, 1.807) is 0 Å². The first-order chi connectivity index (χ1) is 9.13. The minimum Gasteiger partial charge on any atom is -0.479 e. The fourth-order valence-electron chi connectivity index (χ4n) is 1.86. The Morgan fingerprint density at radius 2 is 2.00 bits per heavy atom. The van der Waals surface area contributed by atoms with Gasteiger partial charge in [-0.15, -0.1) is 17.7 Å². The molecule has 0 amide bonds. The molecule has 1 aliphatic heterocycles. The van der Waals surface area contributed by atoms with Gasteiger partial charge in [0.25, 0.3) is 0 Å². The smallest absolute Gasteiger partial charge is 0.174 e. The van der Waals surface area contributed by atoms with E-state index in [9.17, 15) is 0 Å². The maximum Gasteiger partial charge on any atom is 0.174 e. The number of hydrogen-bond acceptors (Lipinski definition) is 3. The average molecular weight is 340 g/mol. The van der Waals surface area contributed by atoms with Crippen molar-refractivity contribution in [2.24, 2.45) is 0 Å². The number of allylic oxidation sites excluding steroid dienone is 3. The van der Waals surface area contributed by atoms with Crippen molar-refractivity contribution in [1.82, 2.24) is 4.90 Å². The Labute approximate surface area is 145 Å². The second-order valence-corrected chi connectivity index (χ2v) is 4.30. The molecule has 0 aliphatic carbocycles. The molecule has 0 unspecified atom stereocenters. The molecule has 1 heterocycles. The first-order valence-electron chi connectivity index (χ1n) is 5.97. The van der Waals surface area contributed by atoms with Gasteiger partial charge in [-0.1, -0.05) is 24.8 Å². The predicted molar refractivity (Wildman–Crippen MR) is 74.9 cm³/mol. The number of nitrogens with zero attached hydrogens (tertiary/aromatic N) is 2. The normalized spacial score (nSPS) is 13.8. The zero-order valence-electron chi connectivity index (χ0n) is 11.7. The molecule has 0 saturated carbocycles. The monoisotopic (exact) mass is 340 g/mol. The van der Waals surface area contributed by atoms with E-state index in [1.165, 1.54) is 0 Å². The minimum atomic E-state index is 0. The van der Waals surface area contributed by atoms with Crippen LogP contribution in [-0.2, 0) is 32.7 Å². The van der Waals surface area contributed by atoms with Crippen LogP contribution in [0.3, 0.4) is 0 Å². The van der Waals surface area contributed by atoms with E-state index in [1.807, 2.05) is 55.3 Å². The zero-order valence-corrected chi connectivity index (χ0v) is 14.5. The molecule has 0 saturated heterocycles. The number of nitriles is 1. The quantitative estimate of drug-likeness (QED) is 0.793. The van der Waals surface area contributed by atoms with Crippen LogP contribution in [0.25, 0.3) is 5.70 Å². The Balaban J connectivity index is 0.00000200. The second-order valence-electron chi connectivity index (χ2n) is 4.30. The van der Waals surface area contributed by atoms with Gasteiger partial charge in [0.1, 0.15) is 11.8 Å². The molecule has 1 radical (unpaired) electrons. The third kappa shape index (κ3) is 3.59. The SMILES string of the molecule is C=C1C(C)=C[C-]=C(c2ccc(OCC#N)cc2)N1C.[Y]. The van der Waals surface area contributed by atoms with Crippen molar-refractivity contribution < 1.29 is 37.4 Å². The van der Waals surface area contributed by atoms with Gasteiger partial charge in [0, 0.05) is 39.8 Å². The van der Waals surface area contributed by atoms with Gasteiger partial charge < -0.3 is 9.64 Å². The van der Waals surface area contributed by atoms with Crippen molar-refractivity contribution in [2.45, 2.75) is 6.92 Å². The van der Waals surface area contributed by atoms with Gasteiger partial charge >= 0.3 is 0 Å². The van der Waals surface area contributed by atoms with Crippen molar-refractivity contribution in [3.05, 3.63) is 59.8 Å². The molecule has 2 rings (SSSR count). The molecule has 99 valence electrons. The van der Waals surface area contributed by atoms with Crippen molar-refractivity contribution in [2.75, 3.05) is 13.7 Å². The van der Waals surface area contributed by atoms with Crippen LogP contribution in [0.4, 0.5) is 0 Å². The van der Waals surface area contributed by atoms with Gasteiger partial charge in [-0.25, -0.2) is 0 Å². The largest absolute Gasteiger partial charge is 0.479 e. The van der Waals surface area contributed by atoms with E-state index in [2.05, 4.69) is 12.7 Å². The molecule has 0 fully saturated rings.